The van der Waals surface area contributed by atoms with Gasteiger partial charge in [0.05, 0.1) is 36.2 Å². The summed E-state index contributed by atoms with van der Waals surface area (Å²) < 4.78 is 16.9. The smallest absolute Gasteiger partial charge is 0.317 e. The monoisotopic (exact) mass is 849 g/mol. The molecule has 10 heteroatoms. The number of aliphatic hydroxyl groups is 1. The molecule has 6 saturated carbocycles. The minimum Gasteiger partial charge on any atom is -0.481 e. The molecule has 7 rings (SSSR count). The van der Waals surface area contributed by atoms with Gasteiger partial charge >= 0.3 is 29.8 Å². The zero-order chi connectivity index (χ0) is 33.7. The van der Waals surface area contributed by atoms with Gasteiger partial charge in [-0.25, -0.2) is 0 Å². The maximum absolute atomic E-state index is 13.9. The molecule has 0 amide bonds. The van der Waals surface area contributed by atoms with Crippen LogP contribution < -0.4 is 0 Å². The molecule has 6 aliphatic carbocycles. The highest BCUT2D eigenvalue weighted by Gasteiger charge is 2.71. The van der Waals surface area contributed by atoms with Crippen molar-refractivity contribution in [2.45, 2.75) is 174 Å². The number of aliphatic hydroxyl groups excluding tert-OH is 1. The number of fused-ring (bicyclic) bond motifs is 6. The fraction of sp³-hybridized carbons (Fsp3) is 0.898. The lowest BCUT2D eigenvalue weighted by Crippen LogP contribution is -2.51. The van der Waals surface area contributed by atoms with Gasteiger partial charge in [0.15, 0.2) is 0 Å². The Morgan fingerprint density at radius 3 is 1.66 bits per heavy atom. The Morgan fingerprint density at radius 1 is 0.627 bits per heavy atom. The summed E-state index contributed by atoms with van der Waals surface area (Å²) >= 11 is 0. The largest absolute Gasteiger partial charge is 0.481 e. The summed E-state index contributed by atoms with van der Waals surface area (Å²) in [6.45, 7) is 9.83. The maximum atomic E-state index is 13.9. The van der Waals surface area contributed by atoms with Crippen LogP contribution in [0.2, 0.25) is 0 Å². The molecule has 10 nitrogen and oxygen atoms in total. The topological polar surface area (TPSA) is 154 Å². The van der Waals surface area contributed by atoms with E-state index in [-0.39, 0.29) is 167 Å². The number of esters is 4. The summed E-state index contributed by atoms with van der Waals surface area (Å²) in [5.74, 6) is -5.53. The van der Waals surface area contributed by atoms with E-state index in [0.717, 1.165) is 25.7 Å². The number of carbonyl (C=O) groups excluding carboxylic acids is 4. The first kappa shape index (κ1) is 68.3. The lowest BCUT2D eigenvalue weighted by atomic mass is 9.54. The number of rotatable bonds is 9. The third kappa shape index (κ3) is 10.9. The molecule has 1 heterocycles. The Morgan fingerprint density at radius 2 is 1.17 bits per heavy atom. The number of aliphatic carboxylic acids is 1. The first-order valence-electron chi connectivity index (χ1n) is 18.2. The van der Waals surface area contributed by atoms with Crippen LogP contribution in [0.3, 0.4) is 0 Å². The van der Waals surface area contributed by atoms with Crippen LogP contribution in [0.25, 0.3) is 0 Å². The Kier molecular flexibility index (Phi) is 28.7. The Labute approximate surface area is 365 Å². The molecule has 0 spiro atoms. The van der Waals surface area contributed by atoms with Gasteiger partial charge in [-0.1, -0.05) is 103 Å². The van der Waals surface area contributed by atoms with Gasteiger partial charge in [0.25, 0.3) is 0 Å². The van der Waals surface area contributed by atoms with Crippen molar-refractivity contribution < 1.29 is 48.4 Å². The van der Waals surface area contributed by atoms with E-state index in [1.54, 1.807) is 0 Å². The van der Waals surface area contributed by atoms with Crippen LogP contribution >= 0.6 is 0 Å². The first-order valence-corrected chi connectivity index (χ1v) is 18.2. The quantitative estimate of drug-likeness (QED) is 0.0992. The fourth-order valence-electron chi connectivity index (χ4n) is 13.1. The number of ether oxygens (including phenoxy) is 3. The van der Waals surface area contributed by atoms with E-state index in [1.165, 1.54) is 0 Å². The van der Waals surface area contributed by atoms with Crippen LogP contribution in [0.15, 0.2) is 0 Å². The number of carbonyl (C=O) groups is 5. The van der Waals surface area contributed by atoms with E-state index >= 15 is 0 Å². The number of carboxylic acid groups (broad SMARTS) is 1. The highest BCUT2D eigenvalue weighted by Crippen LogP contribution is 2.70. The summed E-state index contributed by atoms with van der Waals surface area (Å²) in [6, 6.07) is 0. The van der Waals surface area contributed by atoms with Crippen molar-refractivity contribution in [2.24, 2.45) is 101 Å². The third-order valence-corrected chi connectivity index (χ3v) is 14.4. The summed E-state index contributed by atoms with van der Waals surface area (Å²) in [7, 11) is 0. The second-order valence-electron chi connectivity index (χ2n) is 17.4. The SMILES string of the molecule is C.C.C.C.C.C.C.C.C.C.C.C.CC1C2CCC(C2)C1C1C(=O)OC(=O)C1C1C2CC(CC2C(=O)OC(C)(C)C)C1C1C(C)C2CC1C(C(=O)O)C2C(=O)OCCCO. The van der Waals surface area contributed by atoms with Crippen molar-refractivity contribution in [2.75, 3.05) is 13.2 Å². The summed E-state index contributed by atoms with van der Waals surface area (Å²) in [6.07, 6.45) is 5.55. The molecule has 1 saturated heterocycles. The van der Waals surface area contributed by atoms with E-state index < -0.39 is 53.1 Å². The average Bonchev–Trinajstić information content (AvgIpc) is 3.83. The number of hydrogen-bond donors (Lipinski definition) is 2. The zero-order valence-electron chi connectivity index (χ0n) is 28.3. The molecule has 17 unspecified atom stereocenters. The van der Waals surface area contributed by atoms with E-state index in [2.05, 4.69) is 13.8 Å². The summed E-state index contributed by atoms with van der Waals surface area (Å²) in [5.41, 5.74) is -0.661. The van der Waals surface area contributed by atoms with Crippen molar-refractivity contribution in [3.05, 3.63) is 0 Å². The Hall–Kier alpha value is -2.49. The predicted molar refractivity (Wildman–Crippen MR) is 246 cm³/mol. The minimum absolute atomic E-state index is 0. The highest BCUT2D eigenvalue weighted by atomic mass is 16.6. The fourth-order valence-corrected chi connectivity index (χ4v) is 13.1. The molecular weight excluding hydrogens is 749 g/mol. The van der Waals surface area contributed by atoms with Crippen LogP contribution in [0.5, 0.6) is 0 Å². The van der Waals surface area contributed by atoms with Gasteiger partial charge in [-0.15, -0.1) is 0 Å². The third-order valence-electron chi connectivity index (χ3n) is 14.4. The Bertz CT molecular complexity index is 1320. The van der Waals surface area contributed by atoms with Crippen LogP contribution in [0, 0.1) is 101 Å². The van der Waals surface area contributed by atoms with Gasteiger partial charge in [-0.05, 0) is 130 Å². The molecule has 0 aromatic carbocycles. The lowest BCUT2D eigenvalue weighted by molar-refractivity contribution is -0.169. The Balaban J connectivity index is -0.000000585. The number of cyclic esters (lactones) is 2. The molecule has 0 aromatic rings. The second kappa shape index (κ2) is 24.8. The van der Waals surface area contributed by atoms with Gasteiger partial charge < -0.3 is 24.4 Å². The summed E-state index contributed by atoms with van der Waals surface area (Å²) in [5, 5.41) is 19.7. The van der Waals surface area contributed by atoms with Gasteiger partial charge in [-0.3, -0.25) is 24.0 Å². The van der Waals surface area contributed by atoms with Crippen molar-refractivity contribution in [1.29, 1.82) is 0 Å². The van der Waals surface area contributed by atoms with Gasteiger partial charge in [-0.2, -0.15) is 0 Å². The van der Waals surface area contributed by atoms with Crippen LogP contribution in [-0.2, 0) is 38.2 Å². The van der Waals surface area contributed by atoms with E-state index in [0.29, 0.717) is 37.0 Å². The zero-order valence-corrected chi connectivity index (χ0v) is 28.3. The molecule has 59 heavy (non-hydrogen) atoms. The standard InChI is InChI=1S/C37H52O10.12CH4/c1-15-17-7-8-18(11-17)24(15)30-31(36(44)46-35(30)43)27-21-12-19(13-22(21)33(41)47-37(3,4)5)26(27)25-16(2)20-14-23(25)28(32(39)40)29(20)34(42)45-10-6-9-38;;;;;;;;;;;;/h15-31,38H,6-14H2,1-5H3,(H,39,40);12*1H4. The molecule has 17 atom stereocenters. The molecular formula is C49H100O10. The maximum Gasteiger partial charge on any atom is 0.317 e. The molecule has 7 fully saturated rings. The molecule has 356 valence electrons. The molecule has 0 aromatic heterocycles. The highest BCUT2D eigenvalue weighted by molar-refractivity contribution is 5.97. The van der Waals surface area contributed by atoms with Crippen molar-refractivity contribution in [1.82, 2.24) is 0 Å². The van der Waals surface area contributed by atoms with Crippen LogP contribution in [-0.4, -0.2) is 58.9 Å². The minimum atomic E-state index is -1.01. The normalized spacial score (nSPS) is 38.2. The first-order chi connectivity index (χ1) is 22.2. The van der Waals surface area contributed by atoms with Crippen LogP contribution in [0.4, 0.5) is 0 Å². The molecule has 0 radical (unpaired) electrons. The molecule has 7 aliphatic rings. The summed E-state index contributed by atoms with van der Waals surface area (Å²) in [4.78, 5) is 67.5. The van der Waals surface area contributed by atoms with Crippen molar-refractivity contribution in [3.8, 4) is 0 Å². The van der Waals surface area contributed by atoms with E-state index in [4.69, 9.17) is 19.3 Å². The van der Waals surface area contributed by atoms with Crippen LogP contribution in [0.1, 0.15) is 169 Å². The van der Waals surface area contributed by atoms with E-state index in [9.17, 15) is 29.1 Å². The van der Waals surface area contributed by atoms with Crippen molar-refractivity contribution >= 4 is 29.8 Å². The second-order valence-corrected chi connectivity index (χ2v) is 17.4. The lowest BCUT2D eigenvalue weighted by Gasteiger charge is -2.48. The van der Waals surface area contributed by atoms with Gasteiger partial charge in [0, 0.05) is 13.0 Å². The molecule has 1 aliphatic heterocycles. The van der Waals surface area contributed by atoms with Gasteiger partial charge in [0.2, 0.25) is 0 Å². The molecule has 2 N–H and O–H groups in total. The van der Waals surface area contributed by atoms with Gasteiger partial charge in [0.1, 0.15) is 5.60 Å². The molecule has 6 bridgehead atoms. The number of hydrogen-bond acceptors (Lipinski definition) is 9. The average molecular weight is 849 g/mol. The predicted octanol–water partition coefficient (Wildman–Crippen LogP) is 12.0. The van der Waals surface area contributed by atoms with E-state index in [1.807, 2.05) is 20.8 Å². The van der Waals surface area contributed by atoms with Crippen molar-refractivity contribution in [3.63, 3.8) is 0 Å². The number of carboxylic acids is 1.